The maximum atomic E-state index is 12.7. The summed E-state index contributed by atoms with van der Waals surface area (Å²) in [4.78, 5) is 20.8. The Hall–Kier alpha value is -2.57. The molecule has 0 spiro atoms. The van der Waals surface area contributed by atoms with Gasteiger partial charge in [0, 0.05) is 38.6 Å². The molecule has 1 atom stereocenters. The fraction of sp³-hybridized carbons (Fsp3) is 0.500. The van der Waals surface area contributed by atoms with Gasteiger partial charge in [-0.2, -0.15) is 4.98 Å². The quantitative estimate of drug-likeness (QED) is 0.926. The van der Waals surface area contributed by atoms with Crippen molar-refractivity contribution in [3.63, 3.8) is 0 Å². The topological polar surface area (TPSA) is 74.5 Å². The Balaban J connectivity index is 1.66. The molecule has 2 heterocycles. The van der Waals surface area contributed by atoms with E-state index in [2.05, 4.69) is 21.5 Å². The van der Waals surface area contributed by atoms with Crippen LogP contribution in [-0.2, 0) is 0 Å². The Bertz CT molecular complexity index is 756. The van der Waals surface area contributed by atoms with Gasteiger partial charge in [0.15, 0.2) is 5.82 Å². The van der Waals surface area contributed by atoms with Gasteiger partial charge in [-0.05, 0) is 50.5 Å². The molecule has 1 unspecified atom stereocenters. The number of anilines is 2. The summed E-state index contributed by atoms with van der Waals surface area (Å²) in [5, 5.41) is 6.88. The van der Waals surface area contributed by atoms with Gasteiger partial charge in [-0.1, -0.05) is 5.16 Å². The second kappa shape index (κ2) is 7.13. The van der Waals surface area contributed by atoms with Crippen LogP contribution in [0.15, 0.2) is 22.7 Å². The zero-order chi connectivity index (χ0) is 18.0. The number of amides is 2. The fourth-order valence-electron chi connectivity index (χ4n) is 3.10. The first-order valence-corrected chi connectivity index (χ1v) is 8.58. The third-order valence-electron chi connectivity index (χ3n) is 4.57. The number of urea groups is 1. The predicted octanol–water partition coefficient (Wildman–Crippen LogP) is 3.16. The van der Waals surface area contributed by atoms with Crippen molar-refractivity contribution in [2.24, 2.45) is 0 Å². The highest BCUT2D eigenvalue weighted by Gasteiger charge is 2.28. The molecule has 1 aromatic heterocycles. The number of rotatable bonds is 3. The number of aryl methyl sites for hydroxylation is 2. The molecule has 3 rings (SSSR count). The molecule has 7 heteroatoms. The minimum absolute atomic E-state index is 0.0818. The van der Waals surface area contributed by atoms with Crippen molar-refractivity contribution < 1.29 is 9.32 Å². The maximum Gasteiger partial charge on any atom is 0.321 e. The van der Waals surface area contributed by atoms with E-state index in [1.807, 2.05) is 43.0 Å². The lowest BCUT2D eigenvalue weighted by Crippen LogP contribution is -2.41. The van der Waals surface area contributed by atoms with Gasteiger partial charge in [0.2, 0.25) is 5.89 Å². The number of nitrogens with zero attached hydrogens (tertiary/aromatic N) is 4. The van der Waals surface area contributed by atoms with Crippen LogP contribution in [0.4, 0.5) is 16.2 Å². The predicted molar refractivity (Wildman–Crippen MR) is 97.1 cm³/mol. The minimum atomic E-state index is -0.0818. The first-order chi connectivity index (χ1) is 11.9. The lowest BCUT2D eigenvalue weighted by atomic mass is 9.98. The normalized spacial score (nSPS) is 17.4. The highest BCUT2D eigenvalue weighted by Crippen LogP contribution is 2.27. The smallest absolute Gasteiger partial charge is 0.321 e. The summed E-state index contributed by atoms with van der Waals surface area (Å²) in [6, 6.07) is 5.94. The Morgan fingerprint density at radius 1 is 1.36 bits per heavy atom. The number of carbonyl (C=O) groups excluding carboxylic acids is 1. The number of hydrogen-bond acceptors (Lipinski definition) is 5. The second-order valence-electron chi connectivity index (χ2n) is 6.79. The third-order valence-corrected chi connectivity index (χ3v) is 4.57. The van der Waals surface area contributed by atoms with Crippen LogP contribution in [0.2, 0.25) is 0 Å². The molecular formula is C18H25N5O2. The van der Waals surface area contributed by atoms with Gasteiger partial charge in [-0.15, -0.1) is 0 Å². The number of likely N-dealkylation sites (tertiary alicyclic amines) is 1. The number of carbonyl (C=O) groups is 1. The molecule has 1 fully saturated rings. The molecule has 2 aromatic rings. The van der Waals surface area contributed by atoms with E-state index in [0.717, 1.165) is 36.3 Å². The molecule has 0 bridgehead atoms. The highest BCUT2D eigenvalue weighted by molar-refractivity contribution is 5.90. The Kier molecular flexibility index (Phi) is 4.92. The Morgan fingerprint density at radius 3 is 2.80 bits per heavy atom. The van der Waals surface area contributed by atoms with Crippen LogP contribution in [0.3, 0.4) is 0 Å². The number of nitrogens with one attached hydrogen (secondary N) is 1. The molecule has 1 aromatic carbocycles. The van der Waals surface area contributed by atoms with Gasteiger partial charge < -0.3 is 19.6 Å². The highest BCUT2D eigenvalue weighted by atomic mass is 16.5. The fourth-order valence-corrected chi connectivity index (χ4v) is 3.10. The van der Waals surface area contributed by atoms with Crippen molar-refractivity contribution in [3.05, 3.63) is 35.5 Å². The Morgan fingerprint density at radius 2 is 2.16 bits per heavy atom. The molecule has 0 saturated carbocycles. The largest absolute Gasteiger partial charge is 0.378 e. The minimum Gasteiger partial charge on any atom is -0.378 e. The molecule has 0 aliphatic carbocycles. The van der Waals surface area contributed by atoms with E-state index in [-0.39, 0.29) is 11.9 Å². The van der Waals surface area contributed by atoms with Crippen molar-refractivity contribution in [2.75, 3.05) is 37.4 Å². The van der Waals surface area contributed by atoms with E-state index in [1.165, 1.54) is 0 Å². The van der Waals surface area contributed by atoms with Crippen LogP contribution < -0.4 is 10.2 Å². The van der Waals surface area contributed by atoms with E-state index in [4.69, 9.17) is 4.52 Å². The van der Waals surface area contributed by atoms with Crippen molar-refractivity contribution in [2.45, 2.75) is 32.6 Å². The average molecular weight is 343 g/mol. The zero-order valence-corrected chi connectivity index (χ0v) is 15.2. The maximum absolute atomic E-state index is 12.7. The van der Waals surface area contributed by atoms with Crippen molar-refractivity contribution in [1.29, 1.82) is 0 Å². The zero-order valence-electron chi connectivity index (χ0n) is 15.2. The Labute approximate surface area is 148 Å². The van der Waals surface area contributed by atoms with E-state index in [9.17, 15) is 4.79 Å². The number of benzene rings is 1. The first-order valence-electron chi connectivity index (χ1n) is 8.58. The summed E-state index contributed by atoms with van der Waals surface area (Å²) in [5.74, 6) is 1.37. The van der Waals surface area contributed by atoms with Gasteiger partial charge in [-0.3, -0.25) is 0 Å². The first kappa shape index (κ1) is 17.3. The summed E-state index contributed by atoms with van der Waals surface area (Å²) < 4.78 is 5.28. The van der Waals surface area contributed by atoms with Crippen molar-refractivity contribution >= 4 is 17.4 Å². The van der Waals surface area contributed by atoms with Gasteiger partial charge in [0.1, 0.15) is 0 Å². The van der Waals surface area contributed by atoms with Crippen LogP contribution in [0.1, 0.15) is 36.0 Å². The molecule has 1 aliphatic rings. The monoisotopic (exact) mass is 343 g/mol. The molecule has 25 heavy (non-hydrogen) atoms. The van der Waals surface area contributed by atoms with Gasteiger partial charge >= 0.3 is 6.03 Å². The van der Waals surface area contributed by atoms with Gasteiger partial charge in [-0.25, -0.2) is 4.79 Å². The van der Waals surface area contributed by atoms with Crippen molar-refractivity contribution in [3.8, 4) is 0 Å². The number of piperidine rings is 1. The SMILES string of the molecule is Cc1noc(C2CCCN(C(=O)Nc3ccc(N(C)C)cc3C)C2)n1. The average Bonchev–Trinajstić information content (AvgIpc) is 3.03. The number of hydrogen-bond donors (Lipinski definition) is 1. The summed E-state index contributed by atoms with van der Waals surface area (Å²) in [6.07, 6.45) is 1.89. The molecular weight excluding hydrogens is 318 g/mol. The van der Waals surface area contributed by atoms with E-state index >= 15 is 0 Å². The van der Waals surface area contributed by atoms with Gasteiger partial charge in [0.05, 0.1) is 5.92 Å². The van der Waals surface area contributed by atoms with Crippen LogP contribution in [0, 0.1) is 13.8 Å². The summed E-state index contributed by atoms with van der Waals surface area (Å²) in [6.45, 7) is 5.15. The van der Waals surface area contributed by atoms with Crippen molar-refractivity contribution in [1.82, 2.24) is 15.0 Å². The van der Waals surface area contributed by atoms with Crippen LogP contribution >= 0.6 is 0 Å². The van der Waals surface area contributed by atoms with E-state index < -0.39 is 0 Å². The lowest BCUT2D eigenvalue weighted by molar-refractivity contribution is 0.184. The van der Waals surface area contributed by atoms with Gasteiger partial charge in [0.25, 0.3) is 0 Å². The van der Waals surface area contributed by atoms with E-state index in [0.29, 0.717) is 18.3 Å². The molecule has 2 amide bonds. The third kappa shape index (κ3) is 3.92. The standard InChI is InChI=1S/C18H25N5O2/c1-12-10-15(22(3)4)7-8-16(12)20-18(24)23-9-5-6-14(11-23)17-19-13(2)21-25-17/h7-8,10,14H,5-6,9,11H2,1-4H3,(H,20,24). The second-order valence-corrected chi connectivity index (χ2v) is 6.79. The lowest BCUT2D eigenvalue weighted by Gasteiger charge is -2.31. The number of aromatic nitrogens is 2. The van der Waals surface area contributed by atoms with Crippen LogP contribution in [0.25, 0.3) is 0 Å². The molecule has 0 radical (unpaired) electrons. The van der Waals surface area contributed by atoms with Crippen LogP contribution in [-0.4, -0.2) is 48.3 Å². The van der Waals surface area contributed by atoms with E-state index in [1.54, 1.807) is 6.92 Å². The van der Waals surface area contributed by atoms with Crippen LogP contribution in [0.5, 0.6) is 0 Å². The summed E-state index contributed by atoms with van der Waals surface area (Å²) >= 11 is 0. The molecule has 1 saturated heterocycles. The molecule has 1 aliphatic heterocycles. The summed E-state index contributed by atoms with van der Waals surface area (Å²) in [5.41, 5.74) is 2.99. The molecule has 134 valence electrons. The molecule has 7 nitrogen and oxygen atoms in total. The summed E-state index contributed by atoms with van der Waals surface area (Å²) in [7, 11) is 4.00. The molecule has 1 N–H and O–H groups in total.